The lowest BCUT2D eigenvalue weighted by Gasteiger charge is -2.13. The SMILES string of the molecule is COc1cc(-c2csc3c(/C=C/CNCCOCCO)cnc(N)c23)ccc1NC(=O)c1cc2ccccc2n1C. The number of fused-ring (bicyclic) bond motifs is 2. The third-order valence-corrected chi connectivity index (χ3v) is 7.84. The highest BCUT2D eigenvalue weighted by atomic mass is 32.1. The smallest absolute Gasteiger partial charge is 0.272 e. The summed E-state index contributed by atoms with van der Waals surface area (Å²) in [6.07, 6.45) is 5.85. The number of ether oxygens (including phenoxy) is 2. The van der Waals surface area contributed by atoms with Crippen molar-refractivity contribution in [2.75, 3.05) is 51.1 Å². The number of aliphatic hydroxyl groups is 1. The first-order valence-electron chi connectivity index (χ1n) is 13.3. The predicted molar refractivity (Wildman–Crippen MR) is 167 cm³/mol. The van der Waals surface area contributed by atoms with Crippen LogP contribution in [-0.4, -0.2) is 60.6 Å². The number of thiophene rings is 1. The number of aromatic nitrogens is 2. The van der Waals surface area contributed by atoms with Crippen molar-refractivity contribution < 1.29 is 19.4 Å². The number of nitrogens with zero attached hydrogens (tertiary/aromatic N) is 2. The van der Waals surface area contributed by atoms with Crippen molar-refractivity contribution in [3.63, 3.8) is 0 Å². The van der Waals surface area contributed by atoms with Crippen LogP contribution >= 0.6 is 11.3 Å². The molecule has 5 aromatic rings. The molecular weight excluding hydrogens is 538 g/mol. The maximum Gasteiger partial charge on any atom is 0.272 e. The van der Waals surface area contributed by atoms with Gasteiger partial charge in [0, 0.05) is 58.5 Å². The molecule has 0 aliphatic rings. The number of carbonyl (C=O) groups is 1. The molecule has 3 heterocycles. The topological polar surface area (TPSA) is 124 Å². The third-order valence-electron chi connectivity index (χ3n) is 6.82. The Bertz CT molecular complexity index is 1710. The summed E-state index contributed by atoms with van der Waals surface area (Å²) in [4.78, 5) is 17.6. The average molecular weight is 572 g/mol. The first-order chi connectivity index (χ1) is 20.0. The zero-order chi connectivity index (χ0) is 28.8. The van der Waals surface area contributed by atoms with Crippen molar-refractivity contribution in [2.45, 2.75) is 0 Å². The van der Waals surface area contributed by atoms with Gasteiger partial charge in [-0.3, -0.25) is 4.79 Å². The number of hydrogen-bond donors (Lipinski definition) is 4. The van der Waals surface area contributed by atoms with E-state index in [1.807, 2.05) is 72.3 Å². The number of anilines is 2. The van der Waals surface area contributed by atoms with Crippen molar-refractivity contribution >= 4 is 55.8 Å². The Morgan fingerprint density at radius 2 is 2.05 bits per heavy atom. The van der Waals surface area contributed by atoms with Crippen LogP contribution < -0.4 is 21.1 Å². The van der Waals surface area contributed by atoms with Crippen molar-refractivity contribution in [1.82, 2.24) is 14.9 Å². The van der Waals surface area contributed by atoms with Crippen molar-refractivity contribution in [2.24, 2.45) is 7.05 Å². The first kappa shape index (κ1) is 28.3. The zero-order valence-corrected chi connectivity index (χ0v) is 23.8. The Kier molecular flexibility index (Phi) is 8.95. The summed E-state index contributed by atoms with van der Waals surface area (Å²) >= 11 is 1.61. The largest absolute Gasteiger partial charge is 0.495 e. The highest BCUT2D eigenvalue weighted by Gasteiger charge is 2.18. The quantitative estimate of drug-likeness (QED) is 0.157. The molecule has 0 aliphatic carbocycles. The van der Waals surface area contributed by atoms with Gasteiger partial charge in [-0.1, -0.05) is 36.4 Å². The summed E-state index contributed by atoms with van der Waals surface area (Å²) < 4.78 is 13.9. The van der Waals surface area contributed by atoms with E-state index < -0.39 is 0 Å². The number of nitrogen functional groups attached to an aromatic ring is 1. The molecule has 0 fully saturated rings. The van der Waals surface area contributed by atoms with Crippen LogP contribution in [0.15, 0.2) is 66.2 Å². The van der Waals surface area contributed by atoms with E-state index >= 15 is 0 Å². The van der Waals surface area contributed by atoms with E-state index in [1.165, 1.54) is 0 Å². The number of hydrogen-bond acceptors (Lipinski definition) is 8. The van der Waals surface area contributed by atoms with Gasteiger partial charge >= 0.3 is 0 Å². The predicted octanol–water partition coefficient (Wildman–Crippen LogP) is 4.91. The van der Waals surface area contributed by atoms with E-state index in [9.17, 15) is 4.79 Å². The van der Waals surface area contributed by atoms with Crippen LogP contribution in [-0.2, 0) is 11.8 Å². The minimum Gasteiger partial charge on any atom is -0.495 e. The number of para-hydroxylation sites is 1. The highest BCUT2D eigenvalue weighted by molar-refractivity contribution is 7.18. The average Bonchev–Trinajstić information content (AvgIpc) is 3.58. The second kappa shape index (κ2) is 13.0. The second-order valence-electron chi connectivity index (χ2n) is 9.41. The molecule has 5 rings (SSSR count). The van der Waals surface area contributed by atoms with Gasteiger partial charge in [0.15, 0.2) is 0 Å². The van der Waals surface area contributed by atoms with Gasteiger partial charge in [-0.25, -0.2) is 4.98 Å². The van der Waals surface area contributed by atoms with Crippen molar-refractivity contribution in [1.29, 1.82) is 0 Å². The number of carbonyl (C=O) groups excluding carboxylic acids is 1. The van der Waals surface area contributed by atoms with Gasteiger partial charge in [0.1, 0.15) is 17.3 Å². The molecule has 0 aliphatic heterocycles. The van der Waals surface area contributed by atoms with E-state index in [2.05, 4.69) is 21.0 Å². The molecule has 0 saturated heterocycles. The van der Waals surface area contributed by atoms with Crippen LogP contribution in [0.25, 0.3) is 38.2 Å². The number of rotatable bonds is 12. The summed E-state index contributed by atoms with van der Waals surface area (Å²) in [5.41, 5.74) is 11.3. The van der Waals surface area contributed by atoms with Crippen LogP contribution in [0, 0.1) is 0 Å². The van der Waals surface area contributed by atoms with Crippen LogP contribution in [0.3, 0.4) is 0 Å². The summed E-state index contributed by atoms with van der Waals surface area (Å²) in [6.45, 7) is 2.30. The van der Waals surface area contributed by atoms with Crippen LogP contribution in [0.4, 0.5) is 11.5 Å². The number of pyridine rings is 1. The Balaban J connectivity index is 1.35. The van der Waals surface area contributed by atoms with Crippen molar-refractivity contribution in [3.8, 4) is 16.9 Å². The number of aryl methyl sites for hydroxylation is 1. The van der Waals surface area contributed by atoms with E-state index in [-0.39, 0.29) is 12.5 Å². The molecule has 1 amide bonds. The molecule has 0 saturated carbocycles. The fourth-order valence-electron chi connectivity index (χ4n) is 4.76. The zero-order valence-electron chi connectivity index (χ0n) is 23.0. The second-order valence-corrected chi connectivity index (χ2v) is 10.3. The van der Waals surface area contributed by atoms with E-state index in [1.54, 1.807) is 24.6 Å². The van der Waals surface area contributed by atoms with E-state index in [4.69, 9.17) is 20.3 Å². The number of amides is 1. The monoisotopic (exact) mass is 571 g/mol. The van der Waals surface area contributed by atoms with E-state index in [0.29, 0.717) is 49.3 Å². The highest BCUT2D eigenvalue weighted by Crippen LogP contribution is 2.41. The molecule has 0 bridgehead atoms. The fraction of sp³-hybridized carbons (Fsp3) is 0.226. The van der Waals surface area contributed by atoms with Gasteiger partial charge < -0.3 is 35.5 Å². The lowest BCUT2D eigenvalue weighted by Crippen LogP contribution is -2.20. The Hall–Kier alpha value is -4.22. The Labute approximate surface area is 242 Å². The molecule has 5 N–H and O–H groups in total. The van der Waals surface area contributed by atoms with Crippen LogP contribution in [0.1, 0.15) is 16.1 Å². The van der Waals surface area contributed by atoms with Gasteiger partial charge in [-0.05, 0) is 35.2 Å². The minimum atomic E-state index is -0.215. The molecule has 2 aromatic carbocycles. The maximum atomic E-state index is 13.2. The lowest BCUT2D eigenvalue weighted by molar-refractivity contribution is 0.0943. The molecule has 9 nitrogen and oxygen atoms in total. The number of nitrogens with one attached hydrogen (secondary N) is 2. The molecule has 0 spiro atoms. The lowest BCUT2D eigenvalue weighted by atomic mass is 10.0. The van der Waals surface area contributed by atoms with Crippen LogP contribution in [0.2, 0.25) is 0 Å². The Morgan fingerprint density at radius 3 is 2.85 bits per heavy atom. The van der Waals surface area contributed by atoms with Gasteiger partial charge in [-0.2, -0.15) is 0 Å². The molecule has 0 radical (unpaired) electrons. The number of nitrogens with two attached hydrogens (primary N) is 1. The first-order valence-corrected chi connectivity index (χ1v) is 14.2. The number of benzene rings is 2. The molecule has 3 aromatic heterocycles. The summed E-state index contributed by atoms with van der Waals surface area (Å²) in [5, 5.41) is 19.0. The van der Waals surface area contributed by atoms with Gasteiger partial charge in [0.05, 0.1) is 32.6 Å². The van der Waals surface area contributed by atoms with Crippen LogP contribution in [0.5, 0.6) is 5.75 Å². The molecule has 41 heavy (non-hydrogen) atoms. The minimum absolute atomic E-state index is 0.0300. The standard InChI is InChI=1S/C31H33N5O4S/c1-36-25-8-4-3-6-21(25)16-26(36)31(38)35-24-10-9-20(17-27(24)39-2)23-19-41-29-22(18-34-30(32)28(23)29)7-5-11-33-12-14-40-15-13-37/h3-10,16-19,33,37H,11-15H2,1-2H3,(H2,32,34)(H,35,38)/b7-5+. The molecule has 0 unspecified atom stereocenters. The molecule has 10 heteroatoms. The molecule has 0 atom stereocenters. The summed E-state index contributed by atoms with van der Waals surface area (Å²) in [6, 6.07) is 15.5. The number of aliphatic hydroxyl groups excluding tert-OH is 1. The fourth-order valence-corrected chi connectivity index (χ4v) is 5.83. The third kappa shape index (κ3) is 6.10. The van der Waals surface area contributed by atoms with Gasteiger partial charge in [0.25, 0.3) is 5.91 Å². The van der Waals surface area contributed by atoms with E-state index in [0.717, 1.165) is 37.7 Å². The Morgan fingerprint density at radius 1 is 1.20 bits per heavy atom. The molecular formula is C31H33N5O4S. The summed E-state index contributed by atoms with van der Waals surface area (Å²) in [7, 11) is 3.47. The number of methoxy groups -OCH3 is 1. The van der Waals surface area contributed by atoms with Gasteiger partial charge in [0.2, 0.25) is 0 Å². The molecule has 212 valence electrons. The maximum absolute atomic E-state index is 13.2. The summed E-state index contributed by atoms with van der Waals surface area (Å²) in [5.74, 6) is 0.790. The normalized spacial score (nSPS) is 11.6. The van der Waals surface area contributed by atoms with Gasteiger partial charge in [-0.15, -0.1) is 11.3 Å². The van der Waals surface area contributed by atoms with Crippen molar-refractivity contribution in [3.05, 3.63) is 77.4 Å².